The first-order chi connectivity index (χ1) is 9.88. The summed E-state index contributed by atoms with van der Waals surface area (Å²) < 4.78 is 3.13. The van der Waals surface area contributed by atoms with Crippen molar-refractivity contribution in [1.82, 2.24) is 15.4 Å². The van der Waals surface area contributed by atoms with Crippen LogP contribution in [0, 0.1) is 0 Å². The third-order valence-corrected chi connectivity index (χ3v) is 3.92. The van der Waals surface area contributed by atoms with E-state index in [9.17, 15) is 9.59 Å². The number of nitrogens with one attached hydrogen (secondary N) is 2. The van der Waals surface area contributed by atoms with Crippen LogP contribution in [0.1, 0.15) is 20.8 Å². The predicted octanol–water partition coefficient (Wildman–Crippen LogP) is 3.28. The van der Waals surface area contributed by atoms with Gasteiger partial charge in [-0.25, -0.2) is 0 Å². The molecule has 0 aliphatic rings. The molecule has 1 aromatic carbocycles. The first kappa shape index (κ1) is 16.1. The molecule has 0 saturated heterocycles. The van der Waals surface area contributed by atoms with Crippen LogP contribution in [0.3, 0.4) is 0 Å². The van der Waals surface area contributed by atoms with Gasteiger partial charge >= 0.3 is 0 Å². The molecule has 0 fully saturated rings. The van der Waals surface area contributed by atoms with E-state index < -0.39 is 11.8 Å². The van der Waals surface area contributed by atoms with E-state index in [2.05, 4.69) is 42.7 Å². The second-order valence-electron chi connectivity index (χ2n) is 4.19. The van der Waals surface area contributed by atoms with Crippen LogP contribution in [0.2, 0.25) is 5.02 Å². The Kier molecular flexibility index (Phi) is 5.08. The van der Waals surface area contributed by atoms with E-state index in [4.69, 9.17) is 11.6 Å². The molecular formula is C13H10Br2ClN3O2. The molecule has 1 aromatic heterocycles. The highest BCUT2D eigenvalue weighted by Gasteiger charge is 2.14. The summed E-state index contributed by atoms with van der Waals surface area (Å²) in [6, 6.07) is 6.53. The minimum Gasteiger partial charge on any atom is -0.345 e. The summed E-state index contributed by atoms with van der Waals surface area (Å²) in [5.41, 5.74) is 5.34. The fourth-order valence-electron chi connectivity index (χ4n) is 1.67. The Hall–Kier alpha value is -1.31. The molecule has 110 valence electrons. The average Bonchev–Trinajstić information content (AvgIpc) is 2.77. The van der Waals surface area contributed by atoms with Crippen LogP contribution >= 0.6 is 43.5 Å². The molecular weight excluding hydrogens is 425 g/mol. The second kappa shape index (κ2) is 6.64. The Bertz CT molecular complexity index is 715. The van der Waals surface area contributed by atoms with E-state index >= 15 is 0 Å². The number of hydrogen-bond donors (Lipinski definition) is 2. The molecule has 21 heavy (non-hydrogen) atoms. The molecule has 2 amide bonds. The average molecular weight is 436 g/mol. The van der Waals surface area contributed by atoms with Crippen molar-refractivity contribution in [2.75, 3.05) is 0 Å². The number of aryl methyl sites for hydroxylation is 1. The largest absolute Gasteiger partial charge is 0.345 e. The van der Waals surface area contributed by atoms with Crippen LogP contribution in [0.4, 0.5) is 0 Å². The van der Waals surface area contributed by atoms with Gasteiger partial charge in [0.15, 0.2) is 0 Å². The van der Waals surface area contributed by atoms with Gasteiger partial charge in [0.25, 0.3) is 11.8 Å². The first-order valence-corrected chi connectivity index (χ1v) is 7.72. The number of halogens is 3. The number of carbonyl (C=O) groups excluding carboxylic acids is 2. The van der Waals surface area contributed by atoms with Crippen LogP contribution in [0.5, 0.6) is 0 Å². The lowest BCUT2D eigenvalue weighted by Crippen LogP contribution is -2.42. The monoisotopic (exact) mass is 433 g/mol. The molecule has 0 aliphatic heterocycles. The molecule has 2 aromatic rings. The number of nitrogens with zero attached hydrogens (tertiary/aromatic N) is 1. The Balaban J connectivity index is 2.06. The quantitative estimate of drug-likeness (QED) is 0.712. The molecule has 0 unspecified atom stereocenters. The molecule has 1 heterocycles. The smallest absolute Gasteiger partial charge is 0.286 e. The third-order valence-electron chi connectivity index (χ3n) is 2.67. The summed E-state index contributed by atoms with van der Waals surface area (Å²) in [4.78, 5) is 24.0. The van der Waals surface area contributed by atoms with Gasteiger partial charge in [-0.3, -0.25) is 20.4 Å². The number of carbonyl (C=O) groups is 2. The van der Waals surface area contributed by atoms with Gasteiger partial charge < -0.3 is 4.57 Å². The number of rotatable bonds is 2. The summed E-state index contributed by atoms with van der Waals surface area (Å²) in [5.74, 6) is -0.925. The minimum atomic E-state index is -0.497. The maximum Gasteiger partial charge on any atom is 0.286 e. The lowest BCUT2D eigenvalue weighted by atomic mass is 10.2. The van der Waals surface area contributed by atoms with Crippen molar-refractivity contribution in [3.8, 4) is 0 Å². The summed E-state index contributed by atoms with van der Waals surface area (Å²) in [6.07, 6.45) is 1.74. The molecule has 0 spiro atoms. The first-order valence-electron chi connectivity index (χ1n) is 5.76. The van der Waals surface area contributed by atoms with Crippen molar-refractivity contribution in [1.29, 1.82) is 0 Å². The van der Waals surface area contributed by atoms with Gasteiger partial charge in [0.05, 0.1) is 10.6 Å². The van der Waals surface area contributed by atoms with Gasteiger partial charge in [-0.1, -0.05) is 27.5 Å². The maximum absolute atomic E-state index is 12.0. The third kappa shape index (κ3) is 3.87. The summed E-state index contributed by atoms with van der Waals surface area (Å²) >= 11 is 12.5. The lowest BCUT2D eigenvalue weighted by molar-refractivity contribution is 0.0842. The van der Waals surface area contributed by atoms with E-state index in [0.29, 0.717) is 10.7 Å². The fraction of sp³-hybridized carbons (Fsp3) is 0.0769. The maximum atomic E-state index is 12.0. The Morgan fingerprint density at radius 1 is 1.10 bits per heavy atom. The van der Waals surface area contributed by atoms with Crippen LogP contribution < -0.4 is 10.9 Å². The van der Waals surface area contributed by atoms with Gasteiger partial charge in [-0.2, -0.15) is 0 Å². The number of aromatic nitrogens is 1. The van der Waals surface area contributed by atoms with Crippen molar-refractivity contribution in [3.05, 3.63) is 55.7 Å². The molecule has 0 aliphatic carbocycles. The molecule has 2 N–H and O–H groups in total. The Morgan fingerprint density at radius 2 is 1.76 bits per heavy atom. The normalized spacial score (nSPS) is 10.3. The molecule has 2 rings (SSSR count). The van der Waals surface area contributed by atoms with E-state index in [1.54, 1.807) is 42.1 Å². The van der Waals surface area contributed by atoms with Crippen LogP contribution in [0.25, 0.3) is 0 Å². The van der Waals surface area contributed by atoms with E-state index in [-0.39, 0.29) is 5.56 Å². The van der Waals surface area contributed by atoms with Gasteiger partial charge in [-0.15, -0.1) is 0 Å². The number of hydrazine groups is 1. The number of amides is 2. The van der Waals surface area contributed by atoms with Gasteiger partial charge in [0.2, 0.25) is 0 Å². The Morgan fingerprint density at radius 3 is 2.38 bits per heavy atom. The zero-order valence-electron chi connectivity index (χ0n) is 10.8. The summed E-state index contributed by atoms with van der Waals surface area (Å²) in [5, 5.41) is 0.298. The van der Waals surface area contributed by atoms with E-state index in [1.165, 1.54) is 0 Å². The van der Waals surface area contributed by atoms with Crippen molar-refractivity contribution < 1.29 is 9.59 Å². The lowest BCUT2D eigenvalue weighted by Gasteiger charge is -2.09. The minimum absolute atomic E-state index is 0.263. The summed E-state index contributed by atoms with van der Waals surface area (Å²) in [6.45, 7) is 0. The number of hydrogen-bond acceptors (Lipinski definition) is 2. The fourth-order valence-corrected chi connectivity index (χ4v) is 2.75. The molecule has 0 saturated carbocycles. The van der Waals surface area contributed by atoms with Crippen molar-refractivity contribution >= 4 is 55.3 Å². The molecule has 0 radical (unpaired) electrons. The molecule has 5 nitrogen and oxygen atoms in total. The standard InChI is InChI=1S/C13H10Br2ClN3O2/c1-19-6-8(15)5-11(19)13(21)18-17-12(20)9-4-7(14)2-3-10(9)16/h2-6H,1H3,(H,17,20)(H,18,21). The van der Waals surface area contributed by atoms with Gasteiger partial charge in [0, 0.05) is 22.2 Å². The second-order valence-corrected chi connectivity index (χ2v) is 6.43. The van der Waals surface area contributed by atoms with Gasteiger partial charge in [0.1, 0.15) is 5.69 Å². The molecule has 0 bridgehead atoms. The highest BCUT2D eigenvalue weighted by molar-refractivity contribution is 9.10. The van der Waals surface area contributed by atoms with Crippen LogP contribution in [-0.4, -0.2) is 16.4 Å². The van der Waals surface area contributed by atoms with Crippen LogP contribution in [0.15, 0.2) is 39.4 Å². The Labute approximate surface area is 142 Å². The SMILES string of the molecule is Cn1cc(Br)cc1C(=O)NNC(=O)c1cc(Br)ccc1Cl. The zero-order chi connectivity index (χ0) is 15.6. The molecule has 8 heteroatoms. The van der Waals surface area contributed by atoms with Crippen LogP contribution in [-0.2, 0) is 7.05 Å². The highest BCUT2D eigenvalue weighted by Crippen LogP contribution is 2.20. The molecule has 0 atom stereocenters. The van der Waals surface area contributed by atoms with E-state index in [1.807, 2.05) is 0 Å². The van der Waals surface area contributed by atoms with Gasteiger partial charge in [-0.05, 0) is 40.2 Å². The predicted molar refractivity (Wildman–Crippen MR) is 87.2 cm³/mol. The van der Waals surface area contributed by atoms with Crippen molar-refractivity contribution in [3.63, 3.8) is 0 Å². The number of benzene rings is 1. The topological polar surface area (TPSA) is 63.1 Å². The van der Waals surface area contributed by atoms with Crippen molar-refractivity contribution in [2.24, 2.45) is 7.05 Å². The summed E-state index contributed by atoms with van der Waals surface area (Å²) in [7, 11) is 1.73. The van der Waals surface area contributed by atoms with Crippen molar-refractivity contribution in [2.45, 2.75) is 0 Å². The highest BCUT2D eigenvalue weighted by atomic mass is 79.9. The van der Waals surface area contributed by atoms with E-state index in [0.717, 1.165) is 8.95 Å². The zero-order valence-corrected chi connectivity index (χ0v) is 14.7.